The smallest absolute Gasteiger partial charge is 0.323 e. The SMILES string of the molecule is Cc1ccccc1NC(=O)Nc1ccc(CC(=O)N[C@H](SC(=O)N[C@@H](CC(C)CC(=O)O)C(=O)NC2(C([NH-])=O)CCCCC2)[C@H](C)CCCNC(=O)/C=C/c2cccnc2)cc1.[CH3-].[La]. The van der Waals surface area contributed by atoms with Crippen LogP contribution in [0.1, 0.15) is 88.3 Å². The summed E-state index contributed by atoms with van der Waals surface area (Å²) >= 11 is 0.770. The van der Waals surface area contributed by atoms with Crippen LogP contribution in [0.4, 0.5) is 21.0 Å². The number of aliphatic carboxylic acids is 1. The van der Waals surface area contributed by atoms with Gasteiger partial charge in [0.2, 0.25) is 17.7 Å². The summed E-state index contributed by atoms with van der Waals surface area (Å²) in [7, 11) is 0. The number of carbonyl (C=O) groups excluding carboxylic acids is 6. The first-order valence-corrected chi connectivity index (χ1v) is 21.7. The van der Waals surface area contributed by atoms with E-state index in [9.17, 15) is 38.7 Å². The van der Waals surface area contributed by atoms with Gasteiger partial charge in [-0.1, -0.05) is 69.5 Å². The molecule has 3 aromatic rings. The number of carboxylic acids is 1. The number of aryl methyl sites for hydroxylation is 1. The Hall–Kier alpha value is -5.04. The zero-order valence-corrected chi connectivity index (χ0v) is 41.4. The number of nitrogens with one attached hydrogen (secondary N) is 7. The third-order valence-corrected chi connectivity index (χ3v) is 11.7. The number of hydrogen-bond donors (Lipinski definition) is 7. The maximum Gasteiger partial charge on any atom is 0.323 e. The number of carbonyl (C=O) groups is 7. The fraction of sp³-hybridized carbons (Fsp3) is 0.413. The van der Waals surface area contributed by atoms with E-state index >= 15 is 0 Å². The Morgan fingerprint density at radius 3 is 2.27 bits per heavy atom. The molecule has 16 nitrogen and oxygen atoms in total. The van der Waals surface area contributed by atoms with E-state index in [1.807, 2.05) is 38.1 Å². The molecule has 1 unspecified atom stereocenters. The van der Waals surface area contributed by atoms with Crippen molar-refractivity contribution in [1.82, 2.24) is 26.3 Å². The second-order valence-electron chi connectivity index (χ2n) is 15.8. The number of anilines is 2. The molecule has 8 N–H and O–H groups in total. The third kappa shape index (κ3) is 19.0. The first-order chi connectivity index (χ1) is 29.6. The van der Waals surface area contributed by atoms with Gasteiger partial charge in [-0.05, 0) is 110 Å². The number of rotatable bonds is 21. The van der Waals surface area contributed by atoms with Crippen molar-refractivity contribution in [2.24, 2.45) is 11.8 Å². The Balaban J connectivity index is 0.00000704. The molecule has 1 aliphatic carbocycles. The van der Waals surface area contributed by atoms with Crippen LogP contribution in [0.3, 0.4) is 0 Å². The summed E-state index contributed by atoms with van der Waals surface area (Å²) in [6.07, 6.45) is 9.67. The molecule has 7 amide bonds. The van der Waals surface area contributed by atoms with E-state index in [1.165, 1.54) is 6.08 Å². The molecule has 1 aliphatic rings. The molecule has 0 saturated heterocycles. The first-order valence-electron chi connectivity index (χ1n) is 20.8. The van der Waals surface area contributed by atoms with Gasteiger partial charge in [0.25, 0.3) is 5.24 Å². The molecule has 343 valence electrons. The molecular formula is C46H60LaN8O8S-2. The number of amides is 7. The topological polar surface area (TPSA) is 249 Å². The van der Waals surface area contributed by atoms with E-state index < -0.39 is 57.8 Å². The van der Waals surface area contributed by atoms with Gasteiger partial charge in [0.05, 0.1) is 23.2 Å². The van der Waals surface area contributed by atoms with Crippen molar-refractivity contribution in [2.75, 3.05) is 17.2 Å². The number of benzene rings is 2. The Morgan fingerprint density at radius 1 is 0.922 bits per heavy atom. The number of nitrogens with zero attached hydrogens (tertiary/aromatic N) is 1. The van der Waals surface area contributed by atoms with Gasteiger partial charge in [0.1, 0.15) is 6.04 Å². The summed E-state index contributed by atoms with van der Waals surface area (Å²) in [6.45, 7) is 5.70. The van der Waals surface area contributed by atoms with Crippen LogP contribution in [0, 0.1) is 61.8 Å². The van der Waals surface area contributed by atoms with Gasteiger partial charge in [-0.25, -0.2) is 4.79 Å². The monoisotopic (exact) mass is 1020 g/mol. The number of pyridine rings is 1. The van der Waals surface area contributed by atoms with Crippen molar-refractivity contribution < 1.29 is 74.3 Å². The number of aromatic nitrogens is 1. The number of para-hydroxylation sites is 1. The largest absolute Gasteiger partial charge is 0.666 e. The Morgan fingerprint density at radius 2 is 1.62 bits per heavy atom. The van der Waals surface area contributed by atoms with Gasteiger partial charge in [0, 0.05) is 78.4 Å². The van der Waals surface area contributed by atoms with E-state index in [2.05, 4.69) is 36.9 Å². The fourth-order valence-corrected chi connectivity index (χ4v) is 8.07. The van der Waals surface area contributed by atoms with Gasteiger partial charge < -0.3 is 55.0 Å². The first kappa shape index (κ1) is 55.1. The van der Waals surface area contributed by atoms with E-state index in [-0.39, 0.29) is 87.0 Å². The molecule has 18 heteroatoms. The molecule has 4 atom stereocenters. The fourth-order valence-electron chi connectivity index (χ4n) is 7.07. The number of thioether (sulfide) groups is 1. The van der Waals surface area contributed by atoms with Gasteiger partial charge in [-0.15, -0.1) is 0 Å². The second-order valence-corrected chi connectivity index (χ2v) is 16.9. The molecule has 1 fully saturated rings. The summed E-state index contributed by atoms with van der Waals surface area (Å²) in [5.74, 6) is -4.23. The quantitative estimate of drug-likeness (QED) is 0.0241. The van der Waals surface area contributed by atoms with Crippen molar-refractivity contribution >= 4 is 70.1 Å². The number of urea groups is 1. The minimum Gasteiger partial charge on any atom is -0.666 e. The van der Waals surface area contributed by atoms with Crippen molar-refractivity contribution in [2.45, 2.75) is 102 Å². The zero-order chi connectivity index (χ0) is 45.1. The van der Waals surface area contributed by atoms with E-state index in [0.717, 1.165) is 29.3 Å². The Bertz CT molecular complexity index is 2050. The van der Waals surface area contributed by atoms with E-state index in [4.69, 9.17) is 5.73 Å². The summed E-state index contributed by atoms with van der Waals surface area (Å²) in [5, 5.41) is 24.8. The minimum absolute atomic E-state index is 0. The molecule has 4 rings (SSSR count). The average Bonchev–Trinajstić information content (AvgIpc) is 3.23. The standard InChI is InChI=1S/C45H58N8O8S.CH3.La/c1-29(26-39(56)57)25-36(40(58)53-45(42(46)59)21-7-4-8-22-45)51-44(61)62-41(31(3)12-9-24-48-37(54)20-17-33-13-10-23-47-28-33)52-38(55)27-32-15-18-34(19-16-32)49-43(60)50-35-14-6-5-11-30(35)2;;/h5-6,10-11,13-20,23,28-29,31,36,41H,4,7-9,12,21-22,24-27H2,1-3H3,(H9,46,48,49,50,51,52,53,54,55,56,57,58,59,60,61);1H3;/q;-1;/p-1/b20-17+;;/t29?,31-,36+,41-;;/m1../s1. The third-order valence-electron chi connectivity index (χ3n) is 10.5. The van der Waals surface area contributed by atoms with Crippen LogP contribution in [-0.2, 0) is 30.4 Å². The van der Waals surface area contributed by atoms with Crippen LogP contribution < -0.4 is 31.9 Å². The van der Waals surface area contributed by atoms with Crippen molar-refractivity contribution in [1.29, 1.82) is 0 Å². The van der Waals surface area contributed by atoms with Crippen LogP contribution in [0.5, 0.6) is 0 Å². The molecule has 64 heavy (non-hydrogen) atoms. The molecule has 1 heterocycles. The predicted octanol–water partition coefficient (Wildman–Crippen LogP) is 7.43. The molecule has 1 radical (unpaired) electrons. The maximum atomic E-state index is 13.8. The Kier molecular flexibility index (Phi) is 24.1. The van der Waals surface area contributed by atoms with E-state index in [1.54, 1.807) is 61.8 Å². The van der Waals surface area contributed by atoms with Crippen LogP contribution in [0.25, 0.3) is 11.8 Å². The molecule has 0 aliphatic heterocycles. The summed E-state index contributed by atoms with van der Waals surface area (Å²) < 4.78 is 0. The summed E-state index contributed by atoms with van der Waals surface area (Å²) in [6, 6.07) is 16.1. The van der Waals surface area contributed by atoms with Gasteiger partial charge in [-0.2, -0.15) is 0 Å². The van der Waals surface area contributed by atoms with Crippen molar-refractivity contribution in [3.63, 3.8) is 0 Å². The molecule has 0 bridgehead atoms. The van der Waals surface area contributed by atoms with E-state index in [0.29, 0.717) is 49.2 Å². The molecule has 2 aromatic carbocycles. The zero-order valence-electron chi connectivity index (χ0n) is 36.9. The Labute approximate surface area is 407 Å². The van der Waals surface area contributed by atoms with Crippen LogP contribution in [0.15, 0.2) is 79.1 Å². The van der Waals surface area contributed by atoms with Crippen LogP contribution in [0.2, 0.25) is 0 Å². The summed E-state index contributed by atoms with van der Waals surface area (Å²) in [5.41, 5.74) is 10.0. The van der Waals surface area contributed by atoms with Crippen LogP contribution >= 0.6 is 11.8 Å². The van der Waals surface area contributed by atoms with Gasteiger partial charge in [-0.3, -0.25) is 29.0 Å². The molecular weight excluding hydrogens is 964 g/mol. The van der Waals surface area contributed by atoms with Gasteiger partial charge >= 0.3 is 12.0 Å². The molecule has 1 saturated carbocycles. The normalized spacial score (nSPS) is 14.7. The minimum atomic E-state index is -1.39. The molecule has 0 spiro atoms. The van der Waals surface area contributed by atoms with Crippen molar-refractivity contribution in [3.8, 4) is 0 Å². The molecule has 1 aromatic heterocycles. The number of hydrogen-bond acceptors (Lipinski definition) is 9. The number of carboxylic acid groups (broad SMARTS) is 1. The van der Waals surface area contributed by atoms with Gasteiger partial charge in [0.15, 0.2) is 0 Å². The van der Waals surface area contributed by atoms with Crippen LogP contribution in [-0.4, -0.2) is 74.5 Å². The maximum absolute atomic E-state index is 13.8. The van der Waals surface area contributed by atoms with Crippen molar-refractivity contribution in [3.05, 3.63) is 109 Å². The summed E-state index contributed by atoms with van der Waals surface area (Å²) in [4.78, 5) is 94.1. The predicted molar refractivity (Wildman–Crippen MR) is 246 cm³/mol. The average molecular weight is 1020 g/mol. The second kappa shape index (κ2) is 28.0.